The van der Waals surface area contributed by atoms with Crippen LogP contribution in [0.1, 0.15) is 11.1 Å². The largest absolute Gasteiger partial charge is 0.508 e. The molecule has 2 amide bonds. The summed E-state index contributed by atoms with van der Waals surface area (Å²) in [6.45, 7) is 0.313. The minimum Gasteiger partial charge on any atom is -0.508 e. The summed E-state index contributed by atoms with van der Waals surface area (Å²) in [5, 5.41) is 12.5. The molecule has 0 fully saturated rings. The first-order valence-corrected chi connectivity index (χ1v) is 6.46. The first kappa shape index (κ1) is 14.5. The van der Waals surface area contributed by atoms with Gasteiger partial charge in [0.2, 0.25) is 0 Å². The topological polar surface area (TPSA) is 52.6 Å². The van der Waals surface area contributed by atoms with Gasteiger partial charge in [0.15, 0.2) is 0 Å². The highest BCUT2D eigenvalue weighted by Crippen LogP contribution is 2.18. The Morgan fingerprint density at radius 1 is 1.29 bits per heavy atom. The Morgan fingerprint density at radius 2 is 2.05 bits per heavy atom. The Hall–Kier alpha value is -2.93. The zero-order valence-corrected chi connectivity index (χ0v) is 11.7. The number of aromatic hydroxyl groups is 1. The van der Waals surface area contributed by atoms with Gasteiger partial charge in [0, 0.05) is 23.9 Å². The minimum absolute atomic E-state index is 0.173. The number of terminal acetylenes is 1. The zero-order valence-electron chi connectivity index (χ0n) is 11.7. The lowest BCUT2D eigenvalue weighted by Crippen LogP contribution is -2.30. The SMILES string of the molecule is C#Cc1cccc(NC(=O)N(C)Cc2ccccc2O)c1. The summed E-state index contributed by atoms with van der Waals surface area (Å²) in [7, 11) is 1.66. The van der Waals surface area contributed by atoms with E-state index in [1.807, 2.05) is 6.07 Å². The Balaban J connectivity index is 2.03. The molecule has 0 radical (unpaired) electrons. The summed E-state index contributed by atoms with van der Waals surface area (Å²) in [4.78, 5) is 13.6. The number of carbonyl (C=O) groups is 1. The maximum absolute atomic E-state index is 12.1. The van der Waals surface area contributed by atoms with E-state index < -0.39 is 0 Å². The summed E-state index contributed by atoms with van der Waals surface area (Å²) in [5.41, 5.74) is 2.03. The van der Waals surface area contributed by atoms with Crippen molar-refractivity contribution in [2.45, 2.75) is 6.54 Å². The van der Waals surface area contributed by atoms with Crippen LogP contribution >= 0.6 is 0 Å². The number of nitrogens with one attached hydrogen (secondary N) is 1. The molecule has 2 aromatic carbocycles. The second-order valence-corrected chi connectivity index (χ2v) is 4.64. The molecule has 0 aromatic heterocycles. The molecule has 2 aromatic rings. The number of amides is 2. The number of hydrogen-bond acceptors (Lipinski definition) is 2. The number of phenols is 1. The van der Waals surface area contributed by atoms with Crippen molar-refractivity contribution in [1.29, 1.82) is 0 Å². The van der Waals surface area contributed by atoms with Crippen LogP contribution in [0.3, 0.4) is 0 Å². The van der Waals surface area contributed by atoms with E-state index in [0.717, 1.165) is 0 Å². The summed E-state index contributed by atoms with van der Waals surface area (Å²) in [5.74, 6) is 2.69. The average Bonchev–Trinajstić information content (AvgIpc) is 2.49. The number of benzene rings is 2. The Labute approximate surface area is 124 Å². The number of para-hydroxylation sites is 1. The lowest BCUT2D eigenvalue weighted by molar-refractivity contribution is 0.220. The molecule has 0 atom stereocenters. The van der Waals surface area contributed by atoms with Gasteiger partial charge in [-0.15, -0.1) is 6.42 Å². The Bertz CT molecular complexity index is 689. The van der Waals surface area contributed by atoms with Gasteiger partial charge in [-0.2, -0.15) is 0 Å². The summed E-state index contributed by atoms with van der Waals surface area (Å²) in [6.07, 6.45) is 5.33. The van der Waals surface area contributed by atoms with Crippen LogP contribution in [-0.4, -0.2) is 23.1 Å². The van der Waals surface area contributed by atoms with E-state index in [1.165, 1.54) is 4.90 Å². The van der Waals surface area contributed by atoms with Gasteiger partial charge < -0.3 is 15.3 Å². The van der Waals surface area contributed by atoms with Crippen molar-refractivity contribution >= 4 is 11.7 Å². The molecule has 0 saturated carbocycles. The van der Waals surface area contributed by atoms with Crippen LogP contribution in [0.2, 0.25) is 0 Å². The number of urea groups is 1. The van der Waals surface area contributed by atoms with Crippen molar-refractivity contribution in [1.82, 2.24) is 4.90 Å². The highest BCUT2D eigenvalue weighted by Gasteiger charge is 2.11. The fourth-order valence-corrected chi connectivity index (χ4v) is 1.88. The van der Waals surface area contributed by atoms with Crippen LogP contribution in [0.15, 0.2) is 48.5 Å². The quantitative estimate of drug-likeness (QED) is 0.849. The maximum atomic E-state index is 12.1. The predicted molar refractivity (Wildman–Crippen MR) is 83.0 cm³/mol. The molecule has 4 heteroatoms. The van der Waals surface area contributed by atoms with Crippen molar-refractivity contribution in [3.05, 3.63) is 59.7 Å². The normalized spacial score (nSPS) is 9.71. The number of nitrogens with zero attached hydrogens (tertiary/aromatic N) is 1. The molecular weight excluding hydrogens is 264 g/mol. The van der Waals surface area contributed by atoms with E-state index in [4.69, 9.17) is 6.42 Å². The number of hydrogen-bond donors (Lipinski definition) is 2. The van der Waals surface area contributed by atoms with Crippen molar-refractivity contribution in [3.63, 3.8) is 0 Å². The summed E-state index contributed by atoms with van der Waals surface area (Å²) in [6, 6.07) is 13.7. The van der Waals surface area contributed by atoms with E-state index in [1.54, 1.807) is 49.5 Å². The van der Waals surface area contributed by atoms with E-state index in [0.29, 0.717) is 23.4 Å². The summed E-state index contributed by atoms with van der Waals surface area (Å²) >= 11 is 0. The van der Waals surface area contributed by atoms with Gasteiger partial charge in [0.25, 0.3) is 0 Å². The number of carbonyl (C=O) groups excluding carboxylic acids is 1. The average molecular weight is 280 g/mol. The van der Waals surface area contributed by atoms with Crippen LogP contribution in [0.5, 0.6) is 5.75 Å². The molecule has 0 saturated heterocycles. The standard InChI is InChI=1S/C17H16N2O2/c1-3-13-7-6-9-15(11-13)18-17(21)19(2)12-14-8-4-5-10-16(14)20/h1,4-11,20H,12H2,2H3,(H,18,21). The molecule has 106 valence electrons. The van der Waals surface area contributed by atoms with Crippen LogP contribution < -0.4 is 5.32 Å². The molecule has 0 aliphatic rings. The predicted octanol–water partition coefficient (Wildman–Crippen LogP) is 3.04. The van der Waals surface area contributed by atoms with Gasteiger partial charge in [0.05, 0.1) is 6.54 Å². The molecular formula is C17H16N2O2. The number of rotatable bonds is 3. The molecule has 21 heavy (non-hydrogen) atoms. The zero-order chi connectivity index (χ0) is 15.2. The van der Waals surface area contributed by atoms with Crippen LogP contribution in [0.4, 0.5) is 10.5 Å². The van der Waals surface area contributed by atoms with E-state index in [9.17, 15) is 9.90 Å². The van der Waals surface area contributed by atoms with Gasteiger partial charge in [-0.3, -0.25) is 0 Å². The smallest absolute Gasteiger partial charge is 0.321 e. The first-order chi connectivity index (χ1) is 10.1. The molecule has 0 unspecified atom stereocenters. The molecule has 0 aliphatic carbocycles. The third kappa shape index (κ3) is 3.77. The van der Waals surface area contributed by atoms with Crippen LogP contribution in [0.25, 0.3) is 0 Å². The second kappa shape index (κ2) is 6.49. The number of anilines is 1. The van der Waals surface area contributed by atoms with Crippen LogP contribution in [0, 0.1) is 12.3 Å². The third-order valence-electron chi connectivity index (χ3n) is 3.03. The highest BCUT2D eigenvalue weighted by atomic mass is 16.3. The Morgan fingerprint density at radius 3 is 2.76 bits per heavy atom. The van der Waals surface area contributed by atoms with Crippen molar-refractivity contribution in [2.24, 2.45) is 0 Å². The summed E-state index contributed by atoms with van der Waals surface area (Å²) < 4.78 is 0. The molecule has 0 bridgehead atoms. The van der Waals surface area contributed by atoms with Gasteiger partial charge >= 0.3 is 6.03 Å². The minimum atomic E-state index is -0.271. The van der Waals surface area contributed by atoms with Gasteiger partial charge in [-0.25, -0.2) is 4.79 Å². The Kier molecular flexibility index (Phi) is 4.47. The molecule has 4 nitrogen and oxygen atoms in total. The molecule has 2 N–H and O–H groups in total. The van der Waals surface area contributed by atoms with Gasteiger partial charge in [0.1, 0.15) is 5.75 Å². The molecule has 0 spiro atoms. The van der Waals surface area contributed by atoms with E-state index in [-0.39, 0.29) is 11.8 Å². The lowest BCUT2D eigenvalue weighted by atomic mass is 10.2. The molecule has 2 rings (SSSR count). The molecule has 0 heterocycles. The highest BCUT2D eigenvalue weighted by molar-refractivity contribution is 5.89. The van der Waals surface area contributed by atoms with E-state index >= 15 is 0 Å². The first-order valence-electron chi connectivity index (χ1n) is 6.46. The fourth-order valence-electron chi connectivity index (χ4n) is 1.88. The maximum Gasteiger partial charge on any atom is 0.321 e. The fraction of sp³-hybridized carbons (Fsp3) is 0.118. The second-order valence-electron chi connectivity index (χ2n) is 4.64. The van der Waals surface area contributed by atoms with Gasteiger partial charge in [-0.1, -0.05) is 30.2 Å². The van der Waals surface area contributed by atoms with Crippen LogP contribution in [-0.2, 0) is 6.54 Å². The van der Waals surface area contributed by atoms with Crippen molar-refractivity contribution in [2.75, 3.05) is 12.4 Å². The number of phenolic OH excluding ortho intramolecular Hbond substituents is 1. The monoisotopic (exact) mass is 280 g/mol. The third-order valence-corrected chi connectivity index (χ3v) is 3.03. The molecule has 0 aliphatic heterocycles. The van der Waals surface area contributed by atoms with Crippen molar-refractivity contribution < 1.29 is 9.90 Å². The van der Waals surface area contributed by atoms with Crippen molar-refractivity contribution in [3.8, 4) is 18.1 Å². The van der Waals surface area contributed by atoms with Gasteiger partial charge in [-0.05, 0) is 24.3 Å². The van der Waals surface area contributed by atoms with E-state index in [2.05, 4.69) is 11.2 Å². The lowest BCUT2D eigenvalue weighted by Gasteiger charge is -2.18.